The van der Waals surface area contributed by atoms with Crippen molar-refractivity contribution in [1.82, 2.24) is 0 Å². The average molecular weight is 470 g/mol. The maximum Gasteiger partial charge on any atom is 0.184 e. The zero-order valence-corrected chi connectivity index (χ0v) is 19.1. The van der Waals surface area contributed by atoms with E-state index in [0.717, 1.165) is 10.5 Å². The minimum atomic E-state index is -0.471. The first kappa shape index (κ1) is 22.4. The number of ether oxygens (including phenoxy) is 4. The average Bonchev–Trinajstić information content (AvgIpc) is 2.74. The van der Waals surface area contributed by atoms with E-state index < -0.39 is 6.29 Å². The van der Waals surface area contributed by atoms with Crippen LogP contribution in [0.2, 0.25) is 10.0 Å². The zero-order valence-electron chi connectivity index (χ0n) is 16.7. The SMILES string of the molecule is CC(C)OC1C(Sc2ccc(Cl)c(Cl)c2)OC2COC(c3ccccc3)OC2C1N. The van der Waals surface area contributed by atoms with Crippen LogP contribution < -0.4 is 5.73 Å². The van der Waals surface area contributed by atoms with Crippen molar-refractivity contribution in [3.63, 3.8) is 0 Å². The van der Waals surface area contributed by atoms with Crippen molar-refractivity contribution in [3.8, 4) is 0 Å². The Labute approximate surface area is 191 Å². The summed E-state index contributed by atoms with van der Waals surface area (Å²) in [7, 11) is 0. The maximum absolute atomic E-state index is 6.67. The zero-order chi connectivity index (χ0) is 21.3. The van der Waals surface area contributed by atoms with Gasteiger partial charge in [-0.3, -0.25) is 0 Å². The quantitative estimate of drug-likeness (QED) is 0.660. The molecule has 0 spiro atoms. The Morgan fingerprint density at radius 2 is 1.83 bits per heavy atom. The highest BCUT2D eigenvalue weighted by Crippen LogP contribution is 2.40. The molecule has 2 aliphatic heterocycles. The molecule has 2 N–H and O–H groups in total. The van der Waals surface area contributed by atoms with Gasteiger partial charge in [0.1, 0.15) is 23.7 Å². The summed E-state index contributed by atoms with van der Waals surface area (Å²) < 4.78 is 24.7. The highest BCUT2D eigenvalue weighted by Gasteiger charge is 2.49. The minimum Gasteiger partial charge on any atom is -0.370 e. The Kier molecular flexibility index (Phi) is 7.27. The van der Waals surface area contributed by atoms with Crippen LogP contribution in [0.25, 0.3) is 0 Å². The van der Waals surface area contributed by atoms with Crippen molar-refractivity contribution >= 4 is 35.0 Å². The molecule has 2 saturated heterocycles. The molecule has 2 aromatic rings. The van der Waals surface area contributed by atoms with Gasteiger partial charge in [0.05, 0.1) is 28.8 Å². The number of benzene rings is 2. The Morgan fingerprint density at radius 1 is 1.07 bits per heavy atom. The standard InChI is InChI=1S/C22H25Cl2NO4S/c1-12(2)27-20-18(25)19-17(11-26-21(29-19)13-6-4-3-5-7-13)28-22(20)30-14-8-9-15(23)16(24)10-14/h3-10,12,17-22H,11,25H2,1-2H3. The fourth-order valence-corrected chi connectivity index (χ4v) is 5.19. The van der Waals surface area contributed by atoms with Gasteiger partial charge in [0.2, 0.25) is 0 Å². The first-order chi connectivity index (χ1) is 14.4. The van der Waals surface area contributed by atoms with Crippen molar-refractivity contribution in [2.45, 2.75) is 60.9 Å². The van der Waals surface area contributed by atoms with Crippen LogP contribution in [0.3, 0.4) is 0 Å². The summed E-state index contributed by atoms with van der Waals surface area (Å²) in [6.07, 6.45) is -1.46. The molecule has 0 aliphatic carbocycles. The molecule has 0 radical (unpaired) electrons. The van der Waals surface area contributed by atoms with Crippen LogP contribution in [-0.2, 0) is 18.9 Å². The lowest BCUT2D eigenvalue weighted by Gasteiger charge is -2.48. The Hall–Kier alpha value is -0.830. The van der Waals surface area contributed by atoms with E-state index in [1.165, 1.54) is 11.8 Å². The van der Waals surface area contributed by atoms with E-state index in [1.54, 1.807) is 6.07 Å². The summed E-state index contributed by atoms with van der Waals surface area (Å²) in [5, 5.41) is 1.01. The van der Waals surface area contributed by atoms with Crippen LogP contribution in [-0.4, -0.2) is 42.5 Å². The lowest BCUT2D eigenvalue weighted by molar-refractivity contribution is -0.302. The number of rotatable bonds is 5. The van der Waals surface area contributed by atoms with Crippen LogP contribution in [0.5, 0.6) is 0 Å². The molecule has 8 heteroatoms. The molecule has 6 unspecified atom stereocenters. The molecule has 6 atom stereocenters. The van der Waals surface area contributed by atoms with Crippen molar-refractivity contribution in [3.05, 3.63) is 64.1 Å². The molecule has 30 heavy (non-hydrogen) atoms. The maximum atomic E-state index is 6.67. The van der Waals surface area contributed by atoms with Gasteiger partial charge < -0.3 is 24.7 Å². The number of hydrogen-bond donors (Lipinski definition) is 1. The summed E-state index contributed by atoms with van der Waals surface area (Å²) in [5.74, 6) is 0. The molecule has 0 bridgehead atoms. The fourth-order valence-electron chi connectivity index (χ4n) is 3.65. The number of halogens is 2. The van der Waals surface area contributed by atoms with E-state index in [0.29, 0.717) is 16.7 Å². The van der Waals surface area contributed by atoms with Gasteiger partial charge in [-0.05, 0) is 32.0 Å². The largest absolute Gasteiger partial charge is 0.370 e. The van der Waals surface area contributed by atoms with Gasteiger partial charge in [0.25, 0.3) is 0 Å². The smallest absolute Gasteiger partial charge is 0.184 e. The van der Waals surface area contributed by atoms with Gasteiger partial charge in [-0.1, -0.05) is 65.3 Å². The van der Waals surface area contributed by atoms with E-state index in [-0.39, 0.29) is 35.9 Å². The molecular formula is C22H25Cl2NO4S. The third-order valence-corrected chi connectivity index (χ3v) is 6.92. The van der Waals surface area contributed by atoms with Crippen LogP contribution in [0.1, 0.15) is 25.7 Å². The third-order valence-electron chi connectivity index (χ3n) is 5.04. The summed E-state index contributed by atoms with van der Waals surface area (Å²) in [5.41, 5.74) is 7.30. The van der Waals surface area contributed by atoms with Gasteiger partial charge in [0, 0.05) is 10.5 Å². The number of thioether (sulfide) groups is 1. The van der Waals surface area contributed by atoms with E-state index in [4.69, 9.17) is 47.9 Å². The number of nitrogens with two attached hydrogens (primary N) is 1. The molecule has 2 aromatic carbocycles. The van der Waals surface area contributed by atoms with E-state index in [9.17, 15) is 0 Å². The van der Waals surface area contributed by atoms with Crippen molar-refractivity contribution in [2.75, 3.05) is 6.61 Å². The molecule has 0 saturated carbocycles. The molecule has 0 aromatic heterocycles. The lowest BCUT2D eigenvalue weighted by Crippen LogP contribution is -2.65. The van der Waals surface area contributed by atoms with Gasteiger partial charge in [-0.2, -0.15) is 0 Å². The summed E-state index contributed by atoms with van der Waals surface area (Å²) in [6, 6.07) is 15.0. The van der Waals surface area contributed by atoms with Crippen molar-refractivity contribution in [1.29, 1.82) is 0 Å². The fraction of sp³-hybridized carbons (Fsp3) is 0.455. The van der Waals surface area contributed by atoms with Gasteiger partial charge in [-0.15, -0.1) is 0 Å². The van der Waals surface area contributed by atoms with E-state index in [1.807, 2.05) is 56.3 Å². The second-order valence-electron chi connectivity index (χ2n) is 7.64. The second kappa shape index (κ2) is 9.76. The van der Waals surface area contributed by atoms with Crippen LogP contribution >= 0.6 is 35.0 Å². The summed E-state index contributed by atoms with van der Waals surface area (Å²) in [4.78, 5) is 0.928. The van der Waals surface area contributed by atoms with Crippen LogP contribution in [0.4, 0.5) is 0 Å². The highest BCUT2D eigenvalue weighted by atomic mass is 35.5. The summed E-state index contributed by atoms with van der Waals surface area (Å²) in [6.45, 7) is 4.36. The molecule has 4 rings (SSSR count). The number of fused-ring (bicyclic) bond motifs is 1. The highest BCUT2D eigenvalue weighted by molar-refractivity contribution is 7.99. The number of hydrogen-bond acceptors (Lipinski definition) is 6. The van der Waals surface area contributed by atoms with E-state index in [2.05, 4.69) is 0 Å². The predicted molar refractivity (Wildman–Crippen MR) is 119 cm³/mol. The molecule has 5 nitrogen and oxygen atoms in total. The van der Waals surface area contributed by atoms with Gasteiger partial charge in [0.15, 0.2) is 6.29 Å². The predicted octanol–water partition coefficient (Wildman–Crippen LogP) is 5.05. The Bertz CT molecular complexity index is 856. The Morgan fingerprint density at radius 3 is 2.53 bits per heavy atom. The normalized spacial score (nSPS) is 31.5. The minimum absolute atomic E-state index is 0.0112. The molecule has 2 fully saturated rings. The second-order valence-corrected chi connectivity index (χ2v) is 9.63. The first-order valence-electron chi connectivity index (χ1n) is 9.92. The lowest BCUT2D eigenvalue weighted by atomic mass is 9.96. The third kappa shape index (κ3) is 4.97. The van der Waals surface area contributed by atoms with Crippen LogP contribution in [0, 0.1) is 0 Å². The van der Waals surface area contributed by atoms with Crippen molar-refractivity contribution < 1.29 is 18.9 Å². The van der Waals surface area contributed by atoms with Crippen molar-refractivity contribution in [2.24, 2.45) is 5.73 Å². The molecule has 0 amide bonds. The molecule has 162 valence electrons. The molecule has 2 heterocycles. The molecule has 2 aliphatic rings. The first-order valence-corrected chi connectivity index (χ1v) is 11.6. The monoisotopic (exact) mass is 469 g/mol. The van der Waals surface area contributed by atoms with Gasteiger partial charge >= 0.3 is 0 Å². The topological polar surface area (TPSA) is 62.9 Å². The summed E-state index contributed by atoms with van der Waals surface area (Å²) >= 11 is 13.7. The van der Waals surface area contributed by atoms with Gasteiger partial charge in [-0.25, -0.2) is 0 Å². The Balaban J connectivity index is 1.53. The van der Waals surface area contributed by atoms with Crippen LogP contribution in [0.15, 0.2) is 53.4 Å². The molecular weight excluding hydrogens is 445 g/mol. The van der Waals surface area contributed by atoms with E-state index >= 15 is 0 Å².